The zero-order valence-electron chi connectivity index (χ0n) is 16.1. The van der Waals surface area contributed by atoms with Crippen molar-refractivity contribution in [3.05, 3.63) is 0 Å². The van der Waals surface area contributed by atoms with E-state index in [4.69, 9.17) is 0 Å². The maximum Gasteiger partial charge on any atom is 0.106 e. The lowest BCUT2D eigenvalue weighted by Crippen LogP contribution is -2.40. The van der Waals surface area contributed by atoms with Crippen molar-refractivity contribution in [2.75, 3.05) is 6.54 Å². The fourth-order valence-corrected chi connectivity index (χ4v) is 3.17. The molecule has 140 valence electrons. The SMILES string of the molecule is CCCCCCCCCCCCCCCCN(C(C)O)C(C)O. The molecule has 0 aromatic heterocycles. The highest BCUT2D eigenvalue weighted by Crippen LogP contribution is 2.13. The molecule has 23 heavy (non-hydrogen) atoms. The number of rotatable bonds is 17. The molecule has 0 spiro atoms. The molecule has 2 N–H and O–H groups in total. The van der Waals surface area contributed by atoms with E-state index in [-0.39, 0.29) is 0 Å². The number of nitrogens with zero attached hydrogens (tertiary/aromatic N) is 1. The highest BCUT2D eigenvalue weighted by Gasteiger charge is 2.14. The number of hydrogen-bond donors (Lipinski definition) is 2. The summed E-state index contributed by atoms with van der Waals surface area (Å²) in [6.07, 6.45) is 17.8. The maximum atomic E-state index is 9.55. The number of unbranched alkanes of at least 4 members (excludes halogenated alkanes) is 13. The molecule has 0 aliphatic carbocycles. The zero-order valence-corrected chi connectivity index (χ0v) is 16.1. The summed E-state index contributed by atoms with van der Waals surface area (Å²) in [5.74, 6) is 0. The van der Waals surface area contributed by atoms with Crippen molar-refractivity contribution >= 4 is 0 Å². The Balaban J connectivity index is 3.21. The molecule has 3 heteroatoms. The van der Waals surface area contributed by atoms with Crippen molar-refractivity contribution in [1.82, 2.24) is 4.90 Å². The van der Waals surface area contributed by atoms with E-state index in [9.17, 15) is 10.2 Å². The van der Waals surface area contributed by atoms with Gasteiger partial charge in [-0.25, -0.2) is 0 Å². The van der Waals surface area contributed by atoms with Crippen LogP contribution in [0.5, 0.6) is 0 Å². The largest absolute Gasteiger partial charge is 0.379 e. The molecule has 0 aromatic carbocycles. The monoisotopic (exact) mass is 329 g/mol. The van der Waals surface area contributed by atoms with Gasteiger partial charge in [-0.2, -0.15) is 0 Å². The van der Waals surface area contributed by atoms with Gasteiger partial charge >= 0.3 is 0 Å². The lowest BCUT2D eigenvalue weighted by Gasteiger charge is -2.27. The van der Waals surface area contributed by atoms with Crippen LogP contribution in [0.3, 0.4) is 0 Å². The fourth-order valence-electron chi connectivity index (χ4n) is 3.17. The minimum atomic E-state index is -0.558. The van der Waals surface area contributed by atoms with Crippen molar-refractivity contribution < 1.29 is 10.2 Å². The van der Waals surface area contributed by atoms with Crippen LogP contribution in [-0.2, 0) is 0 Å². The second-order valence-corrected chi connectivity index (χ2v) is 7.10. The molecule has 2 atom stereocenters. The van der Waals surface area contributed by atoms with Gasteiger partial charge in [-0.05, 0) is 20.3 Å². The minimum absolute atomic E-state index is 0.558. The van der Waals surface area contributed by atoms with E-state index in [1.807, 2.05) is 0 Å². The van der Waals surface area contributed by atoms with Crippen LogP contribution in [0.1, 0.15) is 111 Å². The van der Waals surface area contributed by atoms with E-state index in [0.29, 0.717) is 0 Å². The molecular weight excluding hydrogens is 286 g/mol. The van der Waals surface area contributed by atoms with E-state index < -0.39 is 12.5 Å². The highest BCUT2D eigenvalue weighted by atomic mass is 16.3. The van der Waals surface area contributed by atoms with Crippen LogP contribution >= 0.6 is 0 Å². The standard InChI is InChI=1S/C20H43NO2/c1-4-5-6-7-8-9-10-11-12-13-14-15-16-17-18-21(19(2)22)20(3)23/h19-20,22-23H,4-18H2,1-3H3. The number of hydrogen-bond acceptors (Lipinski definition) is 3. The summed E-state index contributed by atoms with van der Waals surface area (Å²) >= 11 is 0. The first kappa shape index (κ1) is 22.9. The van der Waals surface area contributed by atoms with Gasteiger partial charge in [0, 0.05) is 6.54 Å². The molecule has 0 fully saturated rings. The van der Waals surface area contributed by atoms with Crippen LogP contribution in [-0.4, -0.2) is 34.1 Å². The van der Waals surface area contributed by atoms with Crippen molar-refractivity contribution in [3.8, 4) is 0 Å². The van der Waals surface area contributed by atoms with Crippen molar-refractivity contribution in [1.29, 1.82) is 0 Å². The van der Waals surface area contributed by atoms with Crippen LogP contribution in [0.15, 0.2) is 0 Å². The highest BCUT2D eigenvalue weighted by molar-refractivity contribution is 4.59. The van der Waals surface area contributed by atoms with Gasteiger partial charge in [0.25, 0.3) is 0 Å². The Labute approximate surface area is 145 Å². The molecule has 0 aromatic rings. The summed E-state index contributed by atoms with van der Waals surface area (Å²) in [7, 11) is 0. The number of aliphatic hydroxyl groups excluding tert-OH is 2. The molecule has 0 rings (SSSR count). The Hall–Kier alpha value is -0.120. The minimum Gasteiger partial charge on any atom is -0.379 e. The van der Waals surface area contributed by atoms with E-state index in [1.165, 1.54) is 83.5 Å². The lowest BCUT2D eigenvalue weighted by atomic mass is 10.0. The molecule has 0 amide bonds. The average Bonchev–Trinajstić information content (AvgIpc) is 2.50. The molecule has 0 saturated heterocycles. The van der Waals surface area contributed by atoms with Crippen LogP contribution in [0.4, 0.5) is 0 Å². The first-order chi connectivity index (χ1) is 11.1. The van der Waals surface area contributed by atoms with Crippen molar-refractivity contribution in [3.63, 3.8) is 0 Å². The van der Waals surface area contributed by atoms with Crippen LogP contribution in [0, 0.1) is 0 Å². The smallest absolute Gasteiger partial charge is 0.106 e. The van der Waals surface area contributed by atoms with Gasteiger partial charge in [-0.1, -0.05) is 90.4 Å². The van der Waals surface area contributed by atoms with Gasteiger partial charge in [0.05, 0.1) is 0 Å². The molecule has 0 aliphatic rings. The Morgan fingerprint density at radius 3 is 1.17 bits per heavy atom. The molecule has 0 aliphatic heterocycles. The van der Waals surface area contributed by atoms with Crippen LogP contribution in [0.2, 0.25) is 0 Å². The summed E-state index contributed by atoms with van der Waals surface area (Å²) in [4.78, 5) is 1.74. The van der Waals surface area contributed by atoms with Gasteiger partial charge in [0.1, 0.15) is 12.5 Å². The van der Waals surface area contributed by atoms with E-state index in [2.05, 4.69) is 6.92 Å². The Morgan fingerprint density at radius 1 is 0.565 bits per heavy atom. The second-order valence-electron chi connectivity index (χ2n) is 7.10. The summed E-state index contributed by atoms with van der Waals surface area (Å²) < 4.78 is 0. The Morgan fingerprint density at radius 2 is 0.870 bits per heavy atom. The van der Waals surface area contributed by atoms with Crippen molar-refractivity contribution in [2.45, 2.75) is 123 Å². The van der Waals surface area contributed by atoms with Gasteiger partial charge in [0.15, 0.2) is 0 Å². The maximum absolute atomic E-state index is 9.55. The fraction of sp³-hybridized carbons (Fsp3) is 1.00. The predicted octanol–water partition coefficient (Wildman–Crippen LogP) is 5.45. The topological polar surface area (TPSA) is 43.7 Å². The van der Waals surface area contributed by atoms with Gasteiger partial charge in [0.2, 0.25) is 0 Å². The third kappa shape index (κ3) is 15.2. The van der Waals surface area contributed by atoms with Gasteiger partial charge in [-0.15, -0.1) is 0 Å². The van der Waals surface area contributed by atoms with E-state index in [0.717, 1.165) is 13.0 Å². The van der Waals surface area contributed by atoms with Gasteiger partial charge in [-0.3, -0.25) is 4.90 Å². The molecular formula is C20H43NO2. The summed E-state index contributed by atoms with van der Waals surface area (Å²) in [5.41, 5.74) is 0. The molecule has 0 heterocycles. The molecule has 0 radical (unpaired) electrons. The summed E-state index contributed by atoms with van der Waals surface area (Å²) in [5, 5.41) is 19.1. The Bertz CT molecular complexity index is 224. The van der Waals surface area contributed by atoms with Gasteiger partial charge < -0.3 is 10.2 Å². The Kier molecular flexibility index (Phi) is 16.6. The third-order valence-electron chi connectivity index (χ3n) is 4.73. The lowest BCUT2D eigenvalue weighted by molar-refractivity contribution is -0.0844. The normalized spacial score (nSPS) is 14.3. The van der Waals surface area contributed by atoms with Crippen LogP contribution in [0.25, 0.3) is 0 Å². The average molecular weight is 330 g/mol. The summed E-state index contributed by atoms with van der Waals surface area (Å²) in [6.45, 7) is 6.50. The van der Waals surface area contributed by atoms with Crippen LogP contribution < -0.4 is 0 Å². The predicted molar refractivity (Wildman–Crippen MR) is 100 cm³/mol. The zero-order chi connectivity index (χ0) is 17.3. The summed E-state index contributed by atoms with van der Waals surface area (Å²) in [6, 6.07) is 0. The quantitative estimate of drug-likeness (QED) is 0.275. The molecule has 2 unspecified atom stereocenters. The molecule has 0 bridgehead atoms. The molecule has 0 saturated carbocycles. The molecule has 3 nitrogen and oxygen atoms in total. The van der Waals surface area contributed by atoms with E-state index >= 15 is 0 Å². The van der Waals surface area contributed by atoms with E-state index in [1.54, 1.807) is 18.7 Å². The second kappa shape index (κ2) is 16.7. The first-order valence-corrected chi connectivity index (χ1v) is 10.2. The first-order valence-electron chi connectivity index (χ1n) is 10.2. The number of aliphatic hydroxyl groups is 2. The van der Waals surface area contributed by atoms with Crippen molar-refractivity contribution in [2.24, 2.45) is 0 Å². The third-order valence-corrected chi connectivity index (χ3v) is 4.73.